The van der Waals surface area contributed by atoms with Crippen molar-refractivity contribution < 1.29 is 9.53 Å². The molecule has 5 nitrogen and oxygen atoms in total. The number of aromatic nitrogens is 1. The molecule has 0 atom stereocenters. The third kappa shape index (κ3) is 4.45. The molecule has 0 radical (unpaired) electrons. The van der Waals surface area contributed by atoms with Gasteiger partial charge in [-0.25, -0.2) is 4.98 Å². The van der Waals surface area contributed by atoms with E-state index in [1.165, 1.54) is 6.20 Å². The van der Waals surface area contributed by atoms with Gasteiger partial charge in [0.1, 0.15) is 11.6 Å². The van der Waals surface area contributed by atoms with Crippen LogP contribution in [0.15, 0.2) is 60.8 Å². The van der Waals surface area contributed by atoms with Crippen LogP contribution in [0.3, 0.4) is 0 Å². The van der Waals surface area contributed by atoms with E-state index in [1.54, 1.807) is 61.7 Å². The second-order valence-corrected chi connectivity index (χ2v) is 6.24. The van der Waals surface area contributed by atoms with Crippen molar-refractivity contribution >= 4 is 46.3 Å². The summed E-state index contributed by atoms with van der Waals surface area (Å²) < 4.78 is 5.29. The number of pyridine rings is 1. The zero-order valence-electron chi connectivity index (χ0n) is 13.8. The molecule has 2 aromatic carbocycles. The van der Waals surface area contributed by atoms with Crippen LogP contribution in [0.4, 0.5) is 17.2 Å². The predicted molar refractivity (Wildman–Crippen MR) is 105 cm³/mol. The van der Waals surface area contributed by atoms with E-state index in [-0.39, 0.29) is 5.91 Å². The van der Waals surface area contributed by atoms with Crippen molar-refractivity contribution in [2.45, 2.75) is 0 Å². The van der Waals surface area contributed by atoms with Gasteiger partial charge in [-0.15, -0.1) is 0 Å². The van der Waals surface area contributed by atoms with Crippen LogP contribution in [0.2, 0.25) is 10.0 Å². The molecule has 0 unspecified atom stereocenters. The monoisotopic (exact) mass is 387 g/mol. The summed E-state index contributed by atoms with van der Waals surface area (Å²) in [5.41, 5.74) is 1.73. The average molecular weight is 388 g/mol. The number of carbonyl (C=O) groups is 1. The van der Waals surface area contributed by atoms with E-state index in [1.807, 2.05) is 0 Å². The molecule has 26 heavy (non-hydrogen) atoms. The van der Waals surface area contributed by atoms with Gasteiger partial charge in [-0.2, -0.15) is 0 Å². The smallest absolute Gasteiger partial charge is 0.257 e. The average Bonchev–Trinajstić information content (AvgIpc) is 2.62. The van der Waals surface area contributed by atoms with Gasteiger partial charge in [0.2, 0.25) is 0 Å². The molecular formula is C19H15Cl2N3O2. The van der Waals surface area contributed by atoms with E-state index in [4.69, 9.17) is 27.9 Å². The maximum atomic E-state index is 12.3. The maximum absolute atomic E-state index is 12.3. The Bertz CT molecular complexity index is 930. The topological polar surface area (TPSA) is 63.2 Å². The highest BCUT2D eigenvalue weighted by Crippen LogP contribution is 2.29. The number of ether oxygens (including phenoxy) is 1. The van der Waals surface area contributed by atoms with Crippen molar-refractivity contribution in [2.24, 2.45) is 0 Å². The molecular weight excluding hydrogens is 373 g/mol. The van der Waals surface area contributed by atoms with Crippen LogP contribution >= 0.6 is 23.2 Å². The second-order valence-electron chi connectivity index (χ2n) is 5.37. The van der Waals surface area contributed by atoms with Crippen molar-refractivity contribution in [3.63, 3.8) is 0 Å². The van der Waals surface area contributed by atoms with Crippen LogP contribution in [-0.2, 0) is 0 Å². The number of anilines is 3. The predicted octanol–water partition coefficient (Wildman–Crippen LogP) is 5.39. The Morgan fingerprint density at radius 3 is 2.54 bits per heavy atom. The molecule has 1 amide bonds. The molecule has 2 N–H and O–H groups in total. The fourth-order valence-corrected chi connectivity index (χ4v) is 2.65. The number of halogens is 2. The van der Waals surface area contributed by atoms with Crippen molar-refractivity contribution in [2.75, 3.05) is 17.7 Å². The van der Waals surface area contributed by atoms with E-state index in [0.717, 1.165) is 0 Å². The van der Waals surface area contributed by atoms with E-state index in [2.05, 4.69) is 15.6 Å². The first-order chi connectivity index (χ1) is 12.5. The van der Waals surface area contributed by atoms with Crippen LogP contribution in [0.5, 0.6) is 5.75 Å². The quantitative estimate of drug-likeness (QED) is 0.615. The van der Waals surface area contributed by atoms with Crippen LogP contribution < -0.4 is 15.4 Å². The number of benzene rings is 2. The summed E-state index contributed by atoms with van der Waals surface area (Å²) in [6, 6.07) is 15.6. The van der Waals surface area contributed by atoms with Gasteiger partial charge in [-0.3, -0.25) is 4.79 Å². The van der Waals surface area contributed by atoms with Gasteiger partial charge in [0.15, 0.2) is 0 Å². The van der Waals surface area contributed by atoms with Crippen LogP contribution in [0.25, 0.3) is 0 Å². The van der Waals surface area contributed by atoms with Crippen LogP contribution in [-0.4, -0.2) is 18.0 Å². The standard InChI is InChI=1S/C19H15Cl2N3O2/c1-26-17-7-6-14(21)10-16(17)24-18-8-5-12(11-22-18)19(25)23-15-4-2-3-13(20)9-15/h2-11H,1H3,(H,22,24)(H,23,25). The molecule has 0 aliphatic rings. The van der Waals surface area contributed by atoms with Gasteiger partial charge in [-0.1, -0.05) is 29.3 Å². The first-order valence-electron chi connectivity index (χ1n) is 7.69. The summed E-state index contributed by atoms with van der Waals surface area (Å²) in [5.74, 6) is 0.926. The lowest BCUT2D eigenvalue weighted by Crippen LogP contribution is -2.12. The largest absolute Gasteiger partial charge is 0.495 e. The van der Waals surface area contributed by atoms with E-state index in [9.17, 15) is 4.79 Å². The maximum Gasteiger partial charge on any atom is 0.257 e. The molecule has 0 bridgehead atoms. The Morgan fingerprint density at radius 2 is 1.85 bits per heavy atom. The Kier molecular flexibility index (Phi) is 5.61. The summed E-state index contributed by atoms with van der Waals surface area (Å²) in [5, 5.41) is 7.02. The molecule has 0 saturated heterocycles. The van der Waals surface area contributed by atoms with Crippen LogP contribution in [0.1, 0.15) is 10.4 Å². The molecule has 0 aliphatic carbocycles. The summed E-state index contributed by atoms with van der Waals surface area (Å²) in [7, 11) is 1.57. The molecule has 0 saturated carbocycles. The Labute approximate surface area is 160 Å². The van der Waals surface area contributed by atoms with Crippen molar-refractivity contribution in [1.29, 1.82) is 0 Å². The fraction of sp³-hybridized carbons (Fsp3) is 0.0526. The highest BCUT2D eigenvalue weighted by atomic mass is 35.5. The lowest BCUT2D eigenvalue weighted by atomic mass is 10.2. The van der Waals surface area contributed by atoms with E-state index >= 15 is 0 Å². The third-order valence-electron chi connectivity index (χ3n) is 3.53. The molecule has 3 aromatic rings. The number of hydrogen-bond acceptors (Lipinski definition) is 4. The Hall–Kier alpha value is -2.76. The molecule has 3 rings (SSSR count). The van der Waals surface area contributed by atoms with Crippen molar-refractivity contribution in [1.82, 2.24) is 4.98 Å². The van der Waals surface area contributed by atoms with Crippen molar-refractivity contribution in [3.05, 3.63) is 76.4 Å². The Morgan fingerprint density at radius 1 is 1.04 bits per heavy atom. The highest BCUT2D eigenvalue weighted by Gasteiger charge is 2.09. The zero-order chi connectivity index (χ0) is 18.5. The van der Waals surface area contributed by atoms with Gasteiger partial charge >= 0.3 is 0 Å². The van der Waals surface area contributed by atoms with Gasteiger partial charge < -0.3 is 15.4 Å². The second kappa shape index (κ2) is 8.08. The highest BCUT2D eigenvalue weighted by molar-refractivity contribution is 6.31. The SMILES string of the molecule is COc1ccc(Cl)cc1Nc1ccc(C(=O)Nc2cccc(Cl)c2)cn1. The number of nitrogens with one attached hydrogen (secondary N) is 2. The number of methoxy groups -OCH3 is 1. The summed E-state index contributed by atoms with van der Waals surface area (Å²) in [6.45, 7) is 0. The third-order valence-corrected chi connectivity index (χ3v) is 4.00. The minimum atomic E-state index is -0.272. The normalized spacial score (nSPS) is 10.3. The van der Waals surface area contributed by atoms with E-state index < -0.39 is 0 Å². The van der Waals surface area contributed by atoms with Crippen LogP contribution in [0, 0.1) is 0 Å². The number of rotatable bonds is 5. The fourth-order valence-electron chi connectivity index (χ4n) is 2.29. The lowest BCUT2D eigenvalue weighted by Gasteiger charge is -2.11. The molecule has 0 spiro atoms. The molecule has 7 heteroatoms. The van der Waals surface area contributed by atoms with Gasteiger partial charge in [0.25, 0.3) is 5.91 Å². The van der Waals surface area contributed by atoms with Gasteiger partial charge in [-0.05, 0) is 48.5 Å². The Balaban J connectivity index is 1.72. The summed E-state index contributed by atoms with van der Waals surface area (Å²) in [6.07, 6.45) is 1.49. The summed E-state index contributed by atoms with van der Waals surface area (Å²) >= 11 is 11.9. The number of amides is 1. The molecule has 0 aliphatic heterocycles. The minimum Gasteiger partial charge on any atom is -0.495 e. The first kappa shape index (κ1) is 18.0. The lowest BCUT2D eigenvalue weighted by molar-refractivity contribution is 0.102. The zero-order valence-corrected chi connectivity index (χ0v) is 15.3. The summed E-state index contributed by atoms with van der Waals surface area (Å²) in [4.78, 5) is 16.6. The first-order valence-corrected chi connectivity index (χ1v) is 8.44. The number of nitrogens with zero attached hydrogens (tertiary/aromatic N) is 1. The molecule has 1 aromatic heterocycles. The van der Waals surface area contributed by atoms with Gasteiger partial charge in [0, 0.05) is 21.9 Å². The molecule has 0 fully saturated rings. The minimum absolute atomic E-state index is 0.272. The molecule has 132 valence electrons. The number of hydrogen-bond donors (Lipinski definition) is 2. The van der Waals surface area contributed by atoms with Gasteiger partial charge in [0.05, 0.1) is 18.4 Å². The van der Waals surface area contributed by atoms with E-state index in [0.29, 0.717) is 38.6 Å². The number of carbonyl (C=O) groups excluding carboxylic acids is 1. The van der Waals surface area contributed by atoms with Crippen molar-refractivity contribution in [3.8, 4) is 5.75 Å². The molecule has 1 heterocycles.